The number of nitrogens with zero attached hydrogens (tertiary/aromatic N) is 2. The molecule has 0 aliphatic rings. The highest BCUT2D eigenvalue weighted by Crippen LogP contribution is 2.25. The van der Waals surface area contributed by atoms with Gasteiger partial charge in [0.05, 0.1) is 11.0 Å². The van der Waals surface area contributed by atoms with Gasteiger partial charge in [0.25, 0.3) is 0 Å². The van der Waals surface area contributed by atoms with E-state index in [1.54, 1.807) is 0 Å². The third kappa shape index (κ3) is 1.73. The minimum atomic E-state index is 0.724. The Morgan fingerprint density at radius 1 is 1.11 bits per heavy atom. The normalized spacial score (nSPS) is 11.0. The molecule has 0 radical (unpaired) electrons. The third-order valence-electron chi connectivity index (χ3n) is 3.01. The fourth-order valence-electron chi connectivity index (χ4n) is 2.07. The zero-order valence-corrected chi connectivity index (χ0v) is 10.6. The average molecular weight is 258 g/mol. The highest BCUT2D eigenvalue weighted by Gasteiger charge is 2.09. The van der Waals surface area contributed by atoms with Gasteiger partial charge in [0.1, 0.15) is 5.82 Å². The topological polar surface area (TPSA) is 43.8 Å². The van der Waals surface area contributed by atoms with Gasteiger partial charge >= 0.3 is 0 Å². The number of fused-ring (bicyclic) bond motifs is 1. The maximum absolute atomic E-state index is 5.89. The minimum Gasteiger partial charge on any atom is -0.399 e. The van der Waals surface area contributed by atoms with Gasteiger partial charge in [0.2, 0.25) is 0 Å². The lowest BCUT2D eigenvalue weighted by Gasteiger charge is -2.02. The van der Waals surface area contributed by atoms with Crippen LogP contribution in [0.4, 0.5) is 5.69 Å². The van der Waals surface area contributed by atoms with Gasteiger partial charge in [-0.3, -0.25) is 0 Å². The summed E-state index contributed by atoms with van der Waals surface area (Å²) in [6, 6.07) is 13.4. The highest BCUT2D eigenvalue weighted by atomic mass is 35.5. The Bertz CT molecular complexity index is 714. The maximum atomic E-state index is 5.89. The second-order valence-corrected chi connectivity index (χ2v) is 4.69. The lowest BCUT2D eigenvalue weighted by Crippen LogP contribution is -1.92. The summed E-state index contributed by atoms with van der Waals surface area (Å²) in [4.78, 5) is 4.61. The molecule has 0 saturated carbocycles. The van der Waals surface area contributed by atoms with Crippen LogP contribution in [0, 0.1) is 0 Å². The summed E-state index contributed by atoms with van der Waals surface area (Å²) in [5.74, 6) is 0.910. The van der Waals surface area contributed by atoms with Gasteiger partial charge in [-0.25, -0.2) is 4.98 Å². The Morgan fingerprint density at radius 2 is 1.83 bits per heavy atom. The van der Waals surface area contributed by atoms with Crippen molar-refractivity contribution in [2.45, 2.75) is 0 Å². The van der Waals surface area contributed by atoms with Crippen molar-refractivity contribution in [2.75, 3.05) is 5.73 Å². The quantitative estimate of drug-likeness (QED) is 0.679. The zero-order valence-electron chi connectivity index (χ0n) is 9.89. The van der Waals surface area contributed by atoms with E-state index in [-0.39, 0.29) is 0 Å². The summed E-state index contributed by atoms with van der Waals surface area (Å²) in [5.41, 5.74) is 9.51. The molecule has 0 saturated heterocycles. The van der Waals surface area contributed by atoms with Gasteiger partial charge in [-0.05, 0) is 42.5 Å². The summed E-state index contributed by atoms with van der Waals surface area (Å²) in [5, 5.41) is 0.724. The summed E-state index contributed by atoms with van der Waals surface area (Å²) in [6.45, 7) is 0. The summed E-state index contributed by atoms with van der Waals surface area (Å²) in [7, 11) is 2.00. The molecule has 3 rings (SSSR count). The molecule has 0 spiro atoms. The predicted octanol–water partition coefficient (Wildman–Crippen LogP) is 3.48. The van der Waals surface area contributed by atoms with Crippen LogP contribution in [0.15, 0.2) is 42.5 Å². The van der Waals surface area contributed by atoms with E-state index in [0.29, 0.717) is 0 Å². The smallest absolute Gasteiger partial charge is 0.140 e. The molecule has 0 amide bonds. The molecule has 90 valence electrons. The van der Waals surface area contributed by atoms with Crippen LogP contribution in [-0.2, 0) is 7.05 Å². The number of hydrogen-bond acceptors (Lipinski definition) is 2. The van der Waals surface area contributed by atoms with Gasteiger partial charge in [0, 0.05) is 23.3 Å². The second-order valence-electron chi connectivity index (χ2n) is 4.25. The second kappa shape index (κ2) is 4.03. The Labute approximate surface area is 110 Å². The Morgan fingerprint density at radius 3 is 2.56 bits per heavy atom. The van der Waals surface area contributed by atoms with Crippen LogP contribution in [0.2, 0.25) is 5.02 Å². The van der Waals surface area contributed by atoms with Gasteiger partial charge in [-0.15, -0.1) is 0 Å². The summed E-state index contributed by atoms with van der Waals surface area (Å²) >= 11 is 5.89. The van der Waals surface area contributed by atoms with E-state index < -0.39 is 0 Å². The molecule has 3 aromatic rings. The standard InChI is InChI=1S/C14H12ClN3/c1-18-13-7-6-11(16)8-12(13)17-14(18)9-2-4-10(15)5-3-9/h2-8H,16H2,1H3. The van der Waals surface area contributed by atoms with Crippen LogP contribution in [0.5, 0.6) is 0 Å². The van der Waals surface area contributed by atoms with E-state index in [4.69, 9.17) is 17.3 Å². The Balaban J connectivity index is 2.23. The number of rotatable bonds is 1. The van der Waals surface area contributed by atoms with Crippen molar-refractivity contribution in [3.05, 3.63) is 47.5 Å². The van der Waals surface area contributed by atoms with Crippen LogP contribution < -0.4 is 5.73 Å². The molecule has 3 nitrogen and oxygen atoms in total. The molecule has 0 aliphatic heterocycles. The number of benzene rings is 2. The van der Waals surface area contributed by atoms with Crippen LogP contribution in [0.3, 0.4) is 0 Å². The molecule has 1 heterocycles. The molecule has 0 fully saturated rings. The number of aromatic nitrogens is 2. The Hall–Kier alpha value is -2.00. The largest absolute Gasteiger partial charge is 0.399 e. The molecule has 4 heteroatoms. The molecule has 2 N–H and O–H groups in total. The first-order chi connectivity index (χ1) is 8.65. The maximum Gasteiger partial charge on any atom is 0.140 e. The Kier molecular flexibility index (Phi) is 2.49. The van der Waals surface area contributed by atoms with Crippen LogP contribution in [-0.4, -0.2) is 9.55 Å². The molecule has 2 aromatic carbocycles. The molecule has 0 atom stereocenters. The highest BCUT2D eigenvalue weighted by molar-refractivity contribution is 6.30. The van der Waals surface area contributed by atoms with E-state index in [2.05, 4.69) is 9.55 Å². The monoisotopic (exact) mass is 257 g/mol. The van der Waals surface area contributed by atoms with E-state index in [0.717, 1.165) is 33.1 Å². The number of halogens is 1. The number of imidazole rings is 1. The van der Waals surface area contributed by atoms with Crippen molar-refractivity contribution in [3.8, 4) is 11.4 Å². The van der Waals surface area contributed by atoms with Crippen LogP contribution in [0.25, 0.3) is 22.4 Å². The van der Waals surface area contributed by atoms with Gasteiger partial charge in [-0.1, -0.05) is 11.6 Å². The average Bonchev–Trinajstić information content (AvgIpc) is 2.67. The van der Waals surface area contributed by atoms with Crippen molar-refractivity contribution >= 4 is 28.3 Å². The minimum absolute atomic E-state index is 0.724. The molecular formula is C14H12ClN3. The lowest BCUT2D eigenvalue weighted by molar-refractivity contribution is 0.959. The van der Waals surface area contributed by atoms with E-state index in [9.17, 15) is 0 Å². The first-order valence-corrected chi connectivity index (χ1v) is 6.01. The summed E-state index contributed by atoms with van der Waals surface area (Å²) < 4.78 is 2.05. The van der Waals surface area contributed by atoms with Gasteiger partial charge in [0.15, 0.2) is 0 Å². The lowest BCUT2D eigenvalue weighted by atomic mass is 10.2. The van der Waals surface area contributed by atoms with E-state index >= 15 is 0 Å². The molecular weight excluding hydrogens is 246 g/mol. The third-order valence-corrected chi connectivity index (χ3v) is 3.26. The van der Waals surface area contributed by atoms with Crippen molar-refractivity contribution in [1.82, 2.24) is 9.55 Å². The van der Waals surface area contributed by atoms with E-state index in [1.165, 1.54) is 0 Å². The van der Waals surface area contributed by atoms with Gasteiger partial charge < -0.3 is 10.3 Å². The molecule has 0 aliphatic carbocycles. The number of nitrogen functional groups attached to an aromatic ring is 1. The van der Waals surface area contributed by atoms with Crippen molar-refractivity contribution in [1.29, 1.82) is 0 Å². The summed E-state index contributed by atoms with van der Waals surface area (Å²) in [6.07, 6.45) is 0. The predicted molar refractivity (Wildman–Crippen MR) is 75.6 cm³/mol. The first kappa shape index (κ1) is 11.1. The van der Waals surface area contributed by atoms with Crippen molar-refractivity contribution in [2.24, 2.45) is 7.05 Å². The number of nitrogens with two attached hydrogens (primary N) is 1. The number of anilines is 1. The van der Waals surface area contributed by atoms with Crippen molar-refractivity contribution < 1.29 is 0 Å². The molecule has 0 bridgehead atoms. The fourth-order valence-corrected chi connectivity index (χ4v) is 2.20. The van der Waals surface area contributed by atoms with Crippen LogP contribution >= 0.6 is 11.6 Å². The van der Waals surface area contributed by atoms with E-state index in [1.807, 2.05) is 49.5 Å². The van der Waals surface area contributed by atoms with Crippen LogP contribution in [0.1, 0.15) is 0 Å². The number of aryl methyl sites for hydroxylation is 1. The SMILES string of the molecule is Cn1c(-c2ccc(Cl)cc2)nc2cc(N)ccc21. The fraction of sp³-hybridized carbons (Fsp3) is 0.0714. The molecule has 0 unspecified atom stereocenters. The molecule has 18 heavy (non-hydrogen) atoms. The first-order valence-electron chi connectivity index (χ1n) is 5.63. The molecule has 1 aromatic heterocycles. The van der Waals surface area contributed by atoms with Gasteiger partial charge in [-0.2, -0.15) is 0 Å². The van der Waals surface area contributed by atoms with Crippen molar-refractivity contribution in [3.63, 3.8) is 0 Å². The number of hydrogen-bond donors (Lipinski definition) is 1. The zero-order chi connectivity index (χ0) is 12.7.